The second-order valence-corrected chi connectivity index (χ2v) is 5.49. The number of hydrogen-bond donors (Lipinski definition) is 0. The predicted octanol–water partition coefficient (Wildman–Crippen LogP) is 2.96. The van der Waals surface area contributed by atoms with Gasteiger partial charge < -0.3 is 4.90 Å². The van der Waals surface area contributed by atoms with Crippen LogP contribution in [0.15, 0.2) is 0 Å². The summed E-state index contributed by atoms with van der Waals surface area (Å²) in [7, 11) is 1.29. The quantitative estimate of drug-likeness (QED) is 0.800. The second-order valence-electron chi connectivity index (χ2n) is 5.11. The number of carbonyl (C=O) groups is 1. The Bertz CT molecular complexity index is 519. The minimum Gasteiger partial charge on any atom is -0.337 e. The van der Waals surface area contributed by atoms with Gasteiger partial charge in [0.25, 0.3) is 5.91 Å². The van der Waals surface area contributed by atoms with E-state index in [0.717, 1.165) is 17.5 Å². The van der Waals surface area contributed by atoms with Gasteiger partial charge in [-0.25, -0.2) is 0 Å². The summed E-state index contributed by atoms with van der Waals surface area (Å²) in [6, 6.07) is 0. The van der Waals surface area contributed by atoms with E-state index in [1.165, 1.54) is 11.9 Å². The number of alkyl halides is 3. The third-order valence-corrected chi connectivity index (χ3v) is 3.89. The van der Waals surface area contributed by atoms with E-state index in [4.69, 9.17) is 11.6 Å². The summed E-state index contributed by atoms with van der Waals surface area (Å²) in [6.45, 7) is 3.15. The molecule has 0 aliphatic carbocycles. The Labute approximate surface area is 119 Å². The van der Waals surface area contributed by atoms with Gasteiger partial charge in [-0.15, -0.1) is 0 Å². The number of nitrogens with zero attached hydrogens (tertiary/aromatic N) is 3. The van der Waals surface area contributed by atoms with Crippen LogP contribution < -0.4 is 0 Å². The Kier molecular flexibility index (Phi) is 4.00. The zero-order valence-electron chi connectivity index (χ0n) is 11.2. The van der Waals surface area contributed by atoms with Crippen LogP contribution in [-0.2, 0) is 13.2 Å². The van der Waals surface area contributed by atoms with Gasteiger partial charge in [0, 0.05) is 20.1 Å². The molecule has 0 N–H and O–H groups in total. The van der Waals surface area contributed by atoms with Gasteiger partial charge in [0.2, 0.25) is 0 Å². The van der Waals surface area contributed by atoms with Crippen LogP contribution in [0.3, 0.4) is 0 Å². The summed E-state index contributed by atoms with van der Waals surface area (Å²) < 4.78 is 39.0. The largest absolute Gasteiger partial charge is 0.436 e. The molecule has 1 aromatic heterocycles. The third-order valence-electron chi connectivity index (χ3n) is 3.53. The molecule has 2 rings (SSSR count). The molecule has 1 aromatic rings. The summed E-state index contributed by atoms with van der Waals surface area (Å²) in [5.41, 5.74) is -1.41. The van der Waals surface area contributed by atoms with E-state index < -0.39 is 22.8 Å². The highest BCUT2D eigenvalue weighted by molar-refractivity contribution is 6.34. The van der Waals surface area contributed by atoms with Gasteiger partial charge in [0.1, 0.15) is 10.7 Å². The molecule has 0 unspecified atom stereocenters. The molecular weight excluding hydrogens is 295 g/mol. The fourth-order valence-corrected chi connectivity index (χ4v) is 2.62. The van der Waals surface area contributed by atoms with E-state index in [1.54, 1.807) is 0 Å². The summed E-state index contributed by atoms with van der Waals surface area (Å²) in [5, 5.41) is 2.70. The number of halogens is 4. The number of likely N-dealkylation sites (tertiary alicyclic amines) is 1. The smallest absolute Gasteiger partial charge is 0.337 e. The van der Waals surface area contributed by atoms with Crippen molar-refractivity contribution in [3.8, 4) is 0 Å². The van der Waals surface area contributed by atoms with E-state index in [1.807, 2.05) is 0 Å². The first-order valence-electron chi connectivity index (χ1n) is 6.30. The Balaban J connectivity index is 2.29. The molecular formula is C12H15ClF3N3O. The van der Waals surface area contributed by atoms with Crippen molar-refractivity contribution in [1.29, 1.82) is 0 Å². The van der Waals surface area contributed by atoms with Crippen molar-refractivity contribution < 1.29 is 18.0 Å². The number of rotatable bonds is 1. The van der Waals surface area contributed by atoms with Crippen LogP contribution in [0.2, 0.25) is 5.02 Å². The molecule has 1 saturated heterocycles. The normalized spacial score (nSPS) is 17.6. The summed E-state index contributed by atoms with van der Waals surface area (Å²) in [6.07, 6.45) is -2.98. The molecule has 2 heterocycles. The first-order valence-corrected chi connectivity index (χ1v) is 6.68. The van der Waals surface area contributed by atoms with Crippen molar-refractivity contribution in [1.82, 2.24) is 14.7 Å². The molecule has 8 heteroatoms. The maximum Gasteiger partial charge on any atom is 0.436 e. The van der Waals surface area contributed by atoms with Crippen molar-refractivity contribution in [3.05, 3.63) is 16.4 Å². The lowest BCUT2D eigenvalue weighted by Crippen LogP contribution is -2.38. The number of carbonyl (C=O) groups excluding carboxylic acids is 1. The lowest BCUT2D eigenvalue weighted by molar-refractivity contribution is -0.141. The zero-order valence-corrected chi connectivity index (χ0v) is 11.9. The van der Waals surface area contributed by atoms with Gasteiger partial charge in [0.05, 0.1) is 0 Å². The highest BCUT2D eigenvalue weighted by atomic mass is 35.5. The minimum atomic E-state index is -4.66. The van der Waals surface area contributed by atoms with Gasteiger partial charge in [-0.3, -0.25) is 9.48 Å². The molecule has 112 valence electrons. The molecule has 0 atom stereocenters. The van der Waals surface area contributed by atoms with Crippen LogP contribution in [0.4, 0.5) is 13.2 Å². The highest BCUT2D eigenvalue weighted by Gasteiger charge is 2.40. The van der Waals surface area contributed by atoms with E-state index in [0.29, 0.717) is 19.0 Å². The van der Waals surface area contributed by atoms with Gasteiger partial charge in [-0.05, 0) is 18.8 Å². The number of piperidine rings is 1. The molecule has 1 aliphatic rings. The van der Waals surface area contributed by atoms with Crippen LogP contribution in [-0.4, -0.2) is 33.7 Å². The third kappa shape index (κ3) is 2.77. The Hall–Kier alpha value is -1.24. The molecule has 0 saturated carbocycles. The van der Waals surface area contributed by atoms with Crippen LogP contribution in [0.25, 0.3) is 0 Å². The van der Waals surface area contributed by atoms with Crippen molar-refractivity contribution in [2.75, 3.05) is 13.1 Å². The molecule has 4 nitrogen and oxygen atoms in total. The van der Waals surface area contributed by atoms with Crippen molar-refractivity contribution in [2.24, 2.45) is 13.0 Å². The first-order chi connectivity index (χ1) is 9.21. The topological polar surface area (TPSA) is 38.1 Å². The number of aryl methyl sites for hydroxylation is 1. The molecule has 1 aliphatic heterocycles. The number of amides is 1. The Morgan fingerprint density at radius 2 is 1.90 bits per heavy atom. The van der Waals surface area contributed by atoms with Crippen LogP contribution >= 0.6 is 11.6 Å². The zero-order chi connectivity index (χ0) is 15.1. The Morgan fingerprint density at radius 1 is 1.35 bits per heavy atom. The second kappa shape index (κ2) is 5.27. The van der Waals surface area contributed by atoms with E-state index in [9.17, 15) is 18.0 Å². The first kappa shape index (κ1) is 15.2. The predicted molar refractivity (Wildman–Crippen MR) is 67.5 cm³/mol. The highest BCUT2D eigenvalue weighted by Crippen LogP contribution is 2.36. The summed E-state index contributed by atoms with van der Waals surface area (Å²) >= 11 is 5.71. The lowest BCUT2D eigenvalue weighted by atomic mass is 9.99. The van der Waals surface area contributed by atoms with Gasteiger partial charge in [-0.1, -0.05) is 18.5 Å². The van der Waals surface area contributed by atoms with E-state index in [-0.39, 0.29) is 5.69 Å². The number of aromatic nitrogens is 2. The molecule has 0 aromatic carbocycles. The standard InChI is InChI=1S/C12H15ClF3N3O/c1-7-3-5-19(6-4-7)11(20)9-8(13)10(12(14,15)16)17-18(9)2/h7H,3-6H2,1-2H3. The average molecular weight is 310 g/mol. The molecule has 1 amide bonds. The summed E-state index contributed by atoms with van der Waals surface area (Å²) in [5.74, 6) is 0.0270. The fourth-order valence-electron chi connectivity index (χ4n) is 2.27. The van der Waals surface area contributed by atoms with Crippen LogP contribution in [0.5, 0.6) is 0 Å². The molecule has 1 fully saturated rings. The van der Waals surface area contributed by atoms with E-state index in [2.05, 4.69) is 12.0 Å². The maximum atomic E-state index is 12.7. The van der Waals surface area contributed by atoms with Gasteiger partial charge in [-0.2, -0.15) is 18.3 Å². The van der Waals surface area contributed by atoms with Crippen molar-refractivity contribution in [2.45, 2.75) is 25.9 Å². The van der Waals surface area contributed by atoms with Crippen molar-refractivity contribution >= 4 is 17.5 Å². The molecule has 0 radical (unpaired) electrons. The number of hydrogen-bond acceptors (Lipinski definition) is 2. The maximum absolute atomic E-state index is 12.7. The summed E-state index contributed by atoms with van der Waals surface area (Å²) in [4.78, 5) is 13.8. The Morgan fingerprint density at radius 3 is 2.35 bits per heavy atom. The van der Waals surface area contributed by atoms with Crippen molar-refractivity contribution in [3.63, 3.8) is 0 Å². The van der Waals surface area contributed by atoms with Crippen LogP contribution in [0.1, 0.15) is 35.9 Å². The minimum absolute atomic E-state index is 0.200. The van der Waals surface area contributed by atoms with Gasteiger partial charge >= 0.3 is 6.18 Å². The van der Waals surface area contributed by atoms with Crippen LogP contribution in [0, 0.1) is 5.92 Å². The SMILES string of the molecule is CC1CCN(C(=O)c2c(Cl)c(C(F)(F)F)nn2C)CC1. The average Bonchev–Trinajstić information content (AvgIpc) is 2.65. The fraction of sp³-hybridized carbons (Fsp3) is 0.667. The molecule has 0 bridgehead atoms. The van der Waals surface area contributed by atoms with Gasteiger partial charge in [0.15, 0.2) is 5.69 Å². The lowest BCUT2D eigenvalue weighted by Gasteiger charge is -2.30. The van der Waals surface area contributed by atoms with E-state index >= 15 is 0 Å². The molecule has 0 spiro atoms. The monoisotopic (exact) mass is 309 g/mol. The molecule has 20 heavy (non-hydrogen) atoms.